The van der Waals surface area contributed by atoms with Gasteiger partial charge in [-0.1, -0.05) is 36.6 Å². The van der Waals surface area contributed by atoms with E-state index in [-0.39, 0.29) is 0 Å². The standard InChI is InChI=1S/C24H34N2O3/c1-18-12-23(29-25-18)13-21-16-28-17-24(21)26(14-19-6-4-3-5-7-19)15-20-8-10-22(27-2)11-9-20/h8-12,19,21,24H,3-7,13-17H2,1-2H3/t21-,24-/m1/s1. The van der Waals surface area contributed by atoms with E-state index >= 15 is 0 Å². The van der Waals surface area contributed by atoms with Crippen LogP contribution in [-0.2, 0) is 17.7 Å². The Morgan fingerprint density at radius 2 is 1.90 bits per heavy atom. The van der Waals surface area contributed by atoms with E-state index < -0.39 is 0 Å². The van der Waals surface area contributed by atoms with E-state index in [1.54, 1.807) is 7.11 Å². The van der Waals surface area contributed by atoms with E-state index in [1.807, 2.05) is 6.92 Å². The molecule has 5 heteroatoms. The van der Waals surface area contributed by atoms with Gasteiger partial charge < -0.3 is 14.0 Å². The van der Waals surface area contributed by atoms with Crippen LogP contribution in [-0.4, -0.2) is 43.0 Å². The lowest BCUT2D eigenvalue weighted by atomic mass is 9.87. The van der Waals surface area contributed by atoms with Crippen molar-refractivity contribution in [2.45, 2.75) is 58.0 Å². The van der Waals surface area contributed by atoms with Crippen molar-refractivity contribution < 1.29 is 14.0 Å². The molecular formula is C24H34N2O3. The minimum atomic E-state index is 0.421. The summed E-state index contributed by atoms with van der Waals surface area (Å²) in [5.74, 6) is 3.14. The topological polar surface area (TPSA) is 47.7 Å². The highest BCUT2D eigenvalue weighted by molar-refractivity contribution is 5.27. The van der Waals surface area contributed by atoms with Gasteiger partial charge in [-0.25, -0.2) is 0 Å². The fraction of sp³-hybridized carbons (Fsp3) is 0.625. The van der Waals surface area contributed by atoms with Crippen molar-refractivity contribution in [3.05, 3.63) is 47.3 Å². The first-order chi connectivity index (χ1) is 14.2. The molecule has 1 aliphatic carbocycles. The molecule has 1 aromatic heterocycles. The SMILES string of the molecule is COc1ccc(CN(CC2CCCCC2)[C@@H]2COC[C@H]2Cc2cc(C)no2)cc1. The summed E-state index contributed by atoms with van der Waals surface area (Å²) in [6, 6.07) is 11.0. The molecule has 5 nitrogen and oxygen atoms in total. The van der Waals surface area contributed by atoms with Crippen LogP contribution in [0.25, 0.3) is 0 Å². The summed E-state index contributed by atoms with van der Waals surface area (Å²) in [6.45, 7) is 5.70. The second-order valence-corrected chi connectivity index (χ2v) is 8.79. The number of aromatic nitrogens is 1. The van der Waals surface area contributed by atoms with Gasteiger partial charge in [-0.05, 0) is 43.4 Å². The third-order valence-electron chi connectivity index (χ3n) is 6.54. The molecule has 0 bridgehead atoms. The first kappa shape index (κ1) is 20.4. The van der Waals surface area contributed by atoms with E-state index in [9.17, 15) is 0 Å². The normalized spacial score (nSPS) is 23.0. The average molecular weight is 399 g/mol. The number of benzene rings is 1. The van der Waals surface area contributed by atoms with Gasteiger partial charge in [0.2, 0.25) is 0 Å². The van der Waals surface area contributed by atoms with Crippen LogP contribution >= 0.6 is 0 Å². The summed E-state index contributed by atoms with van der Waals surface area (Å²) in [5, 5.41) is 4.06. The van der Waals surface area contributed by atoms with Crippen molar-refractivity contribution in [3.63, 3.8) is 0 Å². The van der Waals surface area contributed by atoms with E-state index in [0.29, 0.717) is 12.0 Å². The van der Waals surface area contributed by atoms with Gasteiger partial charge in [0.05, 0.1) is 26.0 Å². The lowest BCUT2D eigenvalue weighted by Gasteiger charge is -2.35. The van der Waals surface area contributed by atoms with Crippen LogP contribution in [0, 0.1) is 18.8 Å². The van der Waals surface area contributed by atoms with Crippen LogP contribution in [0.5, 0.6) is 5.75 Å². The second kappa shape index (κ2) is 9.77. The van der Waals surface area contributed by atoms with E-state index in [0.717, 1.165) is 55.8 Å². The van der Waals surface area contributed by atoms with Crippen LogP contribution in [0.2, 0.25) is 0 Å². The quantitative estimate of drug-likeness (QED) is 0.649. The third-order valence-corrected chi connectivity index (χ3v) is 6.54. The first-order valence-corrected chi connectivity index (χ1v) is 11.1. The second-order valence-electron chi connectivity index (χ2n) is 8.79. The molecule has 1 aromatic carbocycles. The van der Waals surface area contributed by atoms with E-state index in [2.05, 4.69) is 40.4 Å². The zero-order chi connectivity index (χ0) is 20.1. The summed E-state index contributed by atoms with van der Waals surface area (Å²) < 4.78 is 16.8. The van der Waals surface area contributed by atoms with Gasteiger partial charge in [-0.3, -0.25) is 4.90 Å². The van der Waals surface area contributed by atoms with Crippen molar-refractivity contribution in [2.75, 3.05) is 26.9 Å². The lowest BCUT2D eigenvalue weighted by molar-refractivity contribution is 0.106. The average Bonchev–Trinajstić information content (AvgIpc) is 3.38. The van der Waals surface area contributed by atoms with Crippen molar-refractivity contribution in [2.24, 2.45) is 11.8 Å². The number of aryl methyl sites for hydroxylation is 1. The molecule has 2 aromatic rings. The van der Waals surface area contributed by atoms with Gasteiger partial charge in [0.15, 0.2) is 0 Å². The Kier molecular flexibility index (Phi) is 6.88. The molecule has 1 saturated heterocycles. The largest absolute Gasteiger partial charge is 0.497 e. The Bertz CT molecular complexity index is 752. The number of nitrogens with zero attached hydrogens (tertiary/aromatic N) is 2. The molecule has 2 fully saturated rings. The Morgan fingerprint density at radius 1 is 1.10 bits per heavy atom. The van der Waals surface area contributed by atoms with Gasteiger partial charge in [0, 0.05) is 37.5 Å². The van der Waals surface area contributed by atoms with Crippen molar-refractivity contribution in [1.82, 2.24) is 10.1 Å². The van der Waals surface area contributed by atoms with Crippen LogP contribution in [0.1, 0.15) is 49.1 Å². The van der Waals surface area contributed by atoms with Crippen molar-refractivity contribution >= 4 is 0 Å². The van der Waals surface area contributed by atoms with Crippen LogP contribution in [0.3, 0.4) is 0 Å². The first-order valence-electron chi connectivity index (χ1n) is 11.1. The van der Waals surface area contributed by atoms with Gasteiger partial charge >= 0.3 is 0 Å². The summed E-state index contributed by atoms with van der Waals surface area (Å²) in [4.78, 5) is 2.68. The van der Waals surface area contributed by atoms with Crippen LogP contribution in [0.15, 0.2) is 34.9 Å². The lowest BCUT2D eigenvalue weighted by Crippen LogP contribution is -2.43. The molecule has 0 amide bonds. The fourth-order valence-electron chi connectivity index (χ4n) is 4.94. The molecule has 1 saturated carbocycles. The minimum absolute atomic E-state index is 0.421. The molecule has 2 atom stereocenters. The molecule has 0 spiro atoms. The maximum atomic E-state index is 5.97. The Hall–Kier alpha value is -1.85. The van der Waals surface area contributed by atoms with E-state index in [4.69, 9.17) is 14.0 Å². The fourth-order valence-corrected chi connectivity index (χ4v) is 4.94. The molecule has 0 radical (unpaired) electrons. The number of hydrogen-bond donors (Lipinski definition) is 0. The number of methoxy groups -OCH3 is 1. The van der Waals surface area contributed by atoms with Gasteiger partial charge in [0.1, 0.15) is 11.5 Å². The highest BCUT2D eigenvalue weighted by Crippen LogP contribution is 2.30. The van der Waals surface area contributed by atoms with Crippen molar-refractivity contribution in [3.8, 4) is 5.75 Å². The zero-order valence-electron chi connectivity index (χ0n) is 17.8. The molecule has 158 valence electrons. The summed E-state index contributed by atoms with van der Waals surface area (Å²) >= 11 is 0. The van der Waals surface area contributed by atoms with Gasteiger partial charge in [0.25, 0.3) is 0 Å². The Balaban J connectivity index is 1.49. The predicted octanol–water partition coefficient (Wildman–Crippen LogP) is 4.63. The maximum absolute atomic E-state index is 5.97. The highest BCUT2D eigenvalue weighted by atomic mass is 16.5. The summed E-state index contributed by atoms with van der Waals surface area (Å²) in [6.07, 6.45) is 7.77. The summed E-state index contributed by atoms with van der Waals surface area (Å²) in [7, 11) is 1.72. The zero-order valence-corrected chi connectivity index (χ0v) is 17.8. The molecule has 29 heavy (non-hydrogen) atoms. The molecular weight excluding hydrogens is 364 g/mol. The molecule has 0 unspecified atom stereocenters. The molecule has 4 rings (SSSR count). The van der Waals surface area contributed by atoms with Gasteiger partial charge in [-0.2, -0.15) is 0 Å². The Labute approximate surface area is 174 Å². The highest BCUT2D eigenvalue weighted by Gasteiger charge is 2.35. The van der Waals surface area contributed by atoms with Crippen molar-refractivity contribution in [1.29, 1.82) is 0 Å². The van der Waals surface area contributed by atoms with Crippen LogP contribution in [0.4, 0.5) is 0 Å². The minimum Gasteiger partial charge on any atom is -0.497 e. The number of ether oxygens (including phenoxy) is 2. The molecule has 1 aliphatic heterocycles. The maximum Gasteiger partial charge on any atom is 0.137 e. The third kappa shape index (κ3) is 5.40. The van der Waals surface area contributed by atoms with E-state index in [1.165, 1.54) is 37.7 Å². The molecule has 2 aliphatic rings. The molecule has 0 N–H and O–H groups in total. The predicted molar refractivity (Wildman–Crippen MR) is 113 cm³/mol. The Morgan fingerprint density at radius 3 is 2.59 bits per heavy atom. The smallest absolute Gasteiger partial charge is 0.137 e. The van der Waals surface area contributed by atoms with Gasteiger partial charge in [-0.15, -0.1) is 0 Å². The number of rotatable bonds is 8. The monoisotopic (exact) mass is 398 g/mol. The number of hydrogen-bond acceptors (Lipinski definition) is 5. The van der Waals surface area contributed by atoms with Crippen LogP contribution < -0.4 is 4.74 Å². The summed E-state index contributed by atoms with van der Waals surface area (Å²) in [5.41, 5.74) is 2.29. The molecule has 2 heterocycles.